The topological polar surface area (TPSA) is 12.9 Å². The Labute approximate surface area is 91.6 Å². The molecule has 0 aliphatic rings. The molecule has 0 fully saturated rings. The number of rotatable bonds is 3. The van der Waals surface area contributed by atoms with Crippen LogP contribution in [0.25, 0.3) is 0 Å². The van der Waals surface area contributed by atoms with Crippen LogP contribution in [-0.4, -0.2) is 4.98 Å². The van der Waals surface area contributed by atoms with Crippen molar-refractivity contribution in [3.63, 3.8) is 0 Å². The van der Waals surface area contributed by atoms with Crippen LogP contribution in [0.1, 0.15) is 51.7 Å². The average Bonchev–Trinajstić information content (AvgIpc) is 2.51. The van der Waals surface area contributed by atoms with Crippen molar-refractivity contribution in [3.8, 4) is 0 Å². The number of hydrogen-bond acceptors (Lipinski definition) is 2. The Morgan fingerprint density at radius 3 is 2.50 bits per heavy atom. The normalized spacial score (nSPS) is 14.4. The van der Waals surface area contributed by atoms with Gasteiger partial charge in [0.25, 0.3) is 0 Å². The molecule has 1 atom stereocenters. The number of nitrogens with zero attached hydrogens (tertiary/aromatic N) is 1. The lowest BCUT2D eigenvalue weighted by molar-refractivity contribution is 0.545. The van der Waals surface area contributed by atoms with Crippen molar-refractivity contribution in [2.24, 2.45) is 5.92 Å². The van der Waals surface area contributed by atoms with Crippen LogP contribution in [0.2, 0.25) is 0 Å². The van der Waals surface area contributed by atoms with Crippen molar-refractivity contribution in [2.45, 2.75) is 52.9 Å². The summed E-state index contributed by atoms with van der Waals surface area (Å²) in [5, 5.41) is 3.50. The van der Waals surface area contributed by atoms with Gasteiger partial charge in [-0.3, -0.25) is 0 Å². The largest absolute Gasteiger partial charge is 0.246 e. The van der Waals surface area contributed by atoms with Crippen molar-refractivity contribution in [2.75, 3.05) is 0 Å². The van der Waals surface area contributed by atoms with Gasteiger partial charge in [0.2, 0.25) is 0 Å². The van der Waals surface area contributed by atoms with Gasteiger partial charge in [-0.25, -0.2) is 4.98 Å². The Balaban J connectivity index is 2.69. The Bertz CT molecular complexity index is 283. The zero-order valence-corrected chi connectivity index (χ0v) is 10.7. The first-order chi connectivity index (χ1) is 6.43. The van der Waals surface area contributed by atoms with Crippen LogP contribution < -0.4 is 0 Å². The third kappa shape index (κ3) is 3.09. The summed E-state index contributed by atoms with van der Waals surface area (Å²) in [5.41, 5.74) is 1.44. The van der Waals surface area contributed by atoms with Crippen LogP contribution in [0.5, 0.6) is 0 Å². The van der Waals surface area contributed by atoms with Gasteiger partial charge >= 0.3 is 0 Å². The zero-order chi connectivity index (χ0) is 10.8. The summed E-state index contributed by atoms with van der Waals surface area (Å²) in [6.45, 7) is 11.2. The first kappa shape index (κ1) is 11.7. The van der Waals surface area contributed by atoms with Crippen LogP contribution in [0.4, 0.5) is 0 Å². The van der Waals surface area contributed by atoms with E-state index in [0.29, 0.717) is 0 Å². The van der Waals surface area contributed by atoms with E-state index in [2.05, 4.69) is 45.0 Å². The van der Waals surface area contributed by atoms with Gasteiger partial charge in [-0.2, -0.15) is 0 Å². The van der Waals surface area contributed by atoms with Crippen LogP contribution in [0.15, 0.2) is 5.38 Å². The molecule has 0 aliphatic heterocycles. The first-order valence-corrected chi connectivity index (χ1v) is 6.26. The van der Waals surface area contributed by atoms with Crippen LogP contribution >= 0.6 is 11.3 Å². The molecule has 0 saturated heterocycles. The van der Waals surface area contributed by atoms with Crippen LogP contribution in [-0.2, 0) is 11.8 Å². The van der Waals surface area contributed by atoms with E-state index in [4.69, 9.17) is 0 Å². The monoisotopic (exact) mass is 211 g/mol. The molecule has 1 heterocycles. The lowest BCUT2D eigenvalue weighted by Crippen LogP contribution is -2.11. The van der Waals surface area contributed by atoms with Crippen molar-refractivity contribution in [1.29, 1.82) is 0 Å². The molecule has 2 heteroatoms. The highest BCUT2D eigenvalue weighted by molar-refractivity contribution is 7.09. The van der Waals surface area contributed by atoms with Crippen LogP contribution in [0.3, 0.4) is 0 Å². The molecule has 1 rings (SSSR count). The molecule has 0 saturated carbocycles. The Hall–Kier alpha value is -0.370. The van der Waals surface area contributed by atoms with E-state index in [1.165, 1.54) is 17.1 Å². The fourth-order valence-electron chi connectivity index (χ4n) is 1.19. The van der Waals surface area contributed by atoms with E-state index < -0.39 is 0 Å². The van der Waals surface area contributed by atoms with E-state index in [0.717, 1.165) is 12.3 Å². The molecule has 0 radical (unpaired) electrons. The molecule has 1 aromatic rings. The Kier molecular flexibility index (Phi) is 3.71. The number of thiazole rings is 1. The molecular weight excluding hydrogens is 190 g/mol. The van der Waals surface area contributed by atoms with E-state index in [-0.39, 0.29) is 5.41 Å². The van der Waals surface area contributed by atoms with E-state index >= 15 is 0 Å². The fraction of sp³-hybridized carbons (Fsp3) is 0.750. The molecule has 0 amide bonds. The fourth-order valence-corrected chi connectivity index (χ4v) is 2.38. The minimum atomic E-state index is 0.199. The summed E-state index contributed by atoms with van der Waals surface area (Å²) >= 11 is 1.81. The molecule has 14 heavy (non-hydrogen) atoms. The van der Waals surface area contributed by atoms with E-state index in [1.807, 2.05) is 11.3 Å². The lowest BCUT2D eigenvalue weighted by atomic mass is 9.93. The SMILES string of the molecule is CC[C@@H](C)Cc1nc(C(C)(C)C)cs1. The Morgan fingerprint density at radius 1 is 1.43 bits per heavy atom. The van der Waals surface area contributed by atoms with Gasteiger partial charge in [-0.1, -0.05) is 41.0 Å². The highest BCUT2D eigenvalue weighted by Gasteiger charge is 2.17. The van der Waals surface area contributed by atoms with Crippen molar-refractivity contribution in [1.82, 2.24) is 4.98 Å². The van der Waals surface area contributed by atoms with Gasteiger partial charge in [0, 0.05) is 17.2 Å². The molecular formula is C12H21NS. The minimum Gasteiger partial charge on any atom is -0.246 e. The molecule has 0 bridgehead atoms. The third-order valence-electron chi connectivity index (χ3n) is 2.54. The highest BCUT2D eigenvalue weighted by Crippen LogP contribution is 2.25. The second-order valence-electron chi connectivity index (χ2n) is 5.09. The molecule has 0 unspecified atom stereocenters. The molecule has 0 aromatic carbocycles. The standard InChI is InChI=1S/C12H21NS/c1-6-9(2)7-11-13-10(8-14-11)12(3,4)5/h8-9H,6-7H2,1-5H3/t9-/m1/s1. The maximum atomic E-state index is 4.69. The Morgan fingerprint density at radius 2 is 2.07 bits per heavy atom. The summed E-state index contributed by atoms with van der Waals surface area (Å²) in [5.74, 6) is 0.758. The van der Waals surface area contributed by atoms with Crippen molar-refractivity contribution >= 4 is 11.3 Å². The maximum Gasteiger partial charge on any atom is 0.0931 e. The molecule has 1 aromatic heterocycles. The minimum absolute atomic E-state index is 0.199. The maximum absolute atomic E-state index is 4.69. The van der Waals surface area contributed by atoms with E-state index in [1.54, 1.807) is 0 Å². The summed E-state index contributed by atoms with van der Waals surface area (Å²) in [4.78, 5) is 4.69. The smallest absolute Gasteiger partial charge is 0.0931 e. The van der Waals surface area contributed by atoms with Gasteiger partial charge in [-0.05, 0) is 5.92 Å². The van der Waals surface area contributed by atoms with E-state index in [9.17, 15) is 0 Å². The molecule has 0 aliphatic carbocycles. The number of aromatic nitrogens is 1. The van der Waals surface area contributed by atoms with Gasteiger partial charge in [0.1, 0.15) is 0 Å². The van der Waals surface area contributed by atoms with Gasteiger partial charge < -0.3 is 0 Å². The third-order valence-corrected chi connectivity index (χ3v) is 3.41. The predicted octanol–water partition coefficient (Wildman–Crippen LogP) is 4.03. The second-order valence-corrected chi connectivity index (χ2v) is 6.04. The van der Waals surface area contributed by atoms with Gasteiger partial charge in [0.15, 0.2) is 0 Å². The zero-order valence-electron chi connectivity index (χ0n) is 9.92. The quantitative estimate of drug-likeness (QED) is 0.735. The lowest BCUT2D eigenvalue weighted by Gasteiger charge is -2.14. The molecule has 0 spiro atoms. The summed E-state index contributed by atoms with van der Waals surface area (Å²) < 4.78 is 0. The summed E-state index contributed by atoms with van der Waals surface area (Å²) in [7, 11) is 0. The highest BCUT2D eigenvalue weighted by atomic mass is 32.1. The average molecular weight is 211 g/mol. The second kappa shape index (κ2) is 4.43. The van der Waals surface area contributed by atoms with Crippen LogP contribution in [0, 0.1) is 5.92 Å². The van der Waals surface area contributed by atoms with Gasteiger partial charge in [-0.15, -0.1) is 11.3 Å². The number of hydrogen-bond donors (Lipinski definition) is 0. The summed E-state index contributed by atoms with van der Waals surface area (Å²) in [6, 6.07) is 0. The first-order valence-electron chi connectivity index (χ1n) is 5.38. The molecule has 1 nitrogen and oxygen atoms in total. The van der Waals surface area contributed by atoms with Crippen molar-refractivity contribution in [3.05, 3.63) is 16.1 Å². The molecule has 80 valence electrons. The summed E-state index contributed by atoms with van der Waals surface area (Å²) in [6.07, 6.45) is 2.38. The van der Waals surface area contributed by atoms with Gasteiger partial charge in [0.05, 0.1) is 10.7 Å². The molecule has 0 N–H and O–H groups in total. The predicted molar refractivity (Wildman–Crippen MR) is 64.0 cm³/mol. The van der Waals surface area contributed by atoms with Crippen molar-refractivity contribution < 1.29 is 0 Å².